The van der Waals surface area contributed by atoms with Gasteiger partial charge in [0.2, 0.25) is 0 Å². The van der Waals surface area contributed by atoms with E-state index in [1.807, 2.05) is 6.92 Å². The first-order chi connectivity index (χ1) is 6.50. The summed E-state index contributed by atoms with van der Waals surface area (Å²) < 4.78 is 5.34. The fraction of sp³-hybridized carbons (Fsp3) is 0.667. The Bertz CT molecular complexity index is 321. The molecule has 0 spiro atoms. The average molecular weight is 193 g/mol. The van der Waals surface area contributed by atoms with E-state index in [0.717, 1.165) is 18.2 Å². The molecule has 0 radical (unpaired) electrons. The zero-order chi connectivity index (χ0) is 10.3. The molecule has 14 heavy (non-hydrogen) atoms. The zero-order valence-corrected chi connectivity index (χ0v) is 9.42. The molecule has 1 aliphatic rings. The summed E-state index contributed by atoms with van der Waals surface area (Å²) in [6.45, 7) is 10.1. The number of hydrogen-bond donors (Lipinski definition) is 1. The lowest BCUT2D eigenvalue weighted by atomic mass is 9.70. The summed E-state index contributed by atoms with van der Waals surface area (Å²) in [7, 11) is 0. The number of aryl methyl sites for hydroxylation is 1. The normalized spacial score (nSPS) is 27.4. The van der Waals surface area contributed by atoms with Crippen molar-refractivity contribution < 1.29 is 4.42 Å². The second-order valence-electron chi connectivity index (χ2n) is 5.29. The van der Waals surface area contributed by atoms with E-state index in [2.05, 4.69) is 32.2 Å². The number of nitrogens with one attached hydrogen (secondary N) is 1. The molecule has 2 heterocycles. The van der Waals surface area contributed by atoms with Crippen LogP contribution in [0.4, 0.5) is 0 Å². The van der Waals surface area contributed by atoms with Crippen LogP contribution in [0.1, 0.15) is 38.1 Å². The minimum absolute atomic E-state index is 0.375. The molecule has 2 nitrogen and oxygen atoms in total. The summed E-state index contributed by atoms with van der Waals surface area (Å²) >= 11 is 0. The minimum atomic E-state index is 0.375. The third kappa shape index (κ3) is 1.48. The molecule has 1 saturated heterocycles. The van der Waals surface area contributed by atoms with Crippen LogP contribution in [0.15, 0.2) is 16.7 Å². The van der Waals surface area contributed by atoms with E-state index >= 15 is 0 Å². The molecule has 1 aromatic heterocycles. The van der Waals surface area contributed by atoms with Crippen molar-refractivity contribution in [3.63, 3.8) is 0 Å². The van der Waals surface area contributed by atoms with Crippen LogP contribution in [0.5, 0.6) is 0 Å². The molecule has 2 heteroatoms. The van der Waals surface area contributed by atoms with Gasteiger partial charge in [0.1, 0.15) is 5.76 Å². The molecule has 0 amide bonds. The Kier molecular flexibility index (Phi) is 2.18. The van der Waals surface area contributed by atoms with Crippen molar-refractivity contribution in [3.05, 3.63) is 23.7 Å². The smallest absolute Gasteiger partial charge is 0.105 e. The topological polar surface area (TPSA) is 25.2 Å². The quantitative estimate of drug-likeness (QED) is 0.742. The van der Waals surface area contributed by atoms with Gasteiger partial charge in [-0.25, -0.2) is 0 Å². The summed E-state index contributed by atoms with van der Waals surface area (Å²) in [5.74, 6) is 1.77. The van der Waals surface area contributed by atoms with E-state index in [0.29, 0.717) is 11.5 Å². The first-order valence-electron chi connectivity index (χ1n) is 5.27. The molecule has 2 rings (SSSR count). The summed E-state index contributed by atoms with van der Waals surface area (Å²) in [4.78, 5) is 0. The van der Waals surface area contributed by atoms with Gasteiger partial charge in [0.15, 0.2) is 0 Å². The standard InChI is InChI=1S/C12H19NO/c1-8-9(5-6-14-8)11-10(7-13-11)12(2,3)4/h5-6,10-11,13H,7H2,1-4H3. The van der Waals surface area contributed by atoms with E-state index in [1.54, 1.807) is 6.26 Å². The van der Waals surface area contributed by atoms with Crippen molar-refractivity contribution in [2.45, 2.75) is 33.7 Å². The lowest BCUT2D eigenvalue weighted by Crippen LogP contribution is -2.51. The highest BCUT2D eigenvalue weighted by Crippen LogP contribution is 2.42. The fourth-order valence-electron chi connectivity index (χ4n) is 2.20. The molecule has 78 valence electrons. The van der Waals surface area contributed by atoms with Crippen LogP contribution in [0.2, 0.25) is 0 Å². The Labute approximate surface area is 85.7 Å². The van der Waals surface area contributed by atoms with Gasteiger partial charge in [-0.3, -0.25) is 0 Å². The highest BCUT2D eigenvalue weighted by molar-refractivity contribution is 5.24. The maximum absolute atomic E-state index is 5.34. The Morgan fingerprint density at radius 2 is 2.14 bits per heavy atom. The van der Waals surface area contributed by atoms with Crippen molar-refractivity contribution in [1.29, 1.82) is 0 Å². The van der Waals surface area contributed by atoms with E-state index in [9.17, 15) is 0 Å². The molecule has 1 fully saturated rings. The second-order valence-corrected chi connectivity index (χ2v) is 5.29. The largest absolute Gasteiger partial charge is 0.469 e. The molecule has 0 bridgehead atoms. The van der Waals surface area contributed by atoms with Gasteiger partial charge in [0.05, 0.1) is 6.26 Å². The zero-order valence-electron chi connectivity index (χ0n) is 9.42. The predicted molar refractivity (Wildman–Crippen MR) is 57.1 cm³/mol. The monoisotopic (exact) mass is 193 g/mol. The van der Waals surface area contributed by atoms with Crippen LogP contribution in [-0.4, -0.2) is 6.54 Å². The maximum atomic E-state index is 5.34. The van der Waals surface area contributed by atoms with Crippen molar-refractivity contribution in [2.75, 3.05) is 6.54 Å². The first kappa shape index (κ1) is 9.78. The lowest BCUT2D eigenvalue weighted by Gasteiger charge is -2.46. The third-order valence-corrected chi connectivity index (χ3v) is 3.31. The highest BCUT2D eigenvalue weighted by Gasteiger charge is 2.40. The predicted octanol–water partition coefficient (Wildman–Crippen LogP) is 2.89. The number of rotatable bonds is 1. The van der Waals surface area contributed by atoms with Gasteiger partial charge in [-0.05, 0) is 24.3 Å². The van der Waals surface area contributed by atoms with Gasteiger partial charge in [0, 0.05) is 18.2 Å². The van der Waals surface area contributed by atoms with E-state index in [-0.39, 0.29) is 0 Å². The Morgan fingerprint density at radius 1 is 1.43 bits per heavy atom. The third-order valence-electron chi connectivity index (χ3n) is 3.31. The SMILES string of the molecule is Cc1occc1C1NCC1C(C)(C)C. The molecule has 0 aliphatic carbocycles. The molecular weight excluding hydrogens is 174 g/mol. The summed E-state index contributed by atoms with van der Waals surface area (Å²) in [6.07, 6.45) is 1.78. The van der Waals surface area contributed by atoms with Gasteiger partial charge < -0.3 is 9.73 Å². The van der Waals surface area contributed by atoms with Gasteiger partial charge in [-0.2, -0.15) is 0 Å². The molecule has 2 atom stereocenters. The van der Waals surface area contributed by atoms with E-state index < -0.39 is 0 Å². The molecule has 0 saturated carbocycles. The van der Waals surface area contributed by atoms with Crippen LogP contribution < -0.4 is 5.32 Å². The van der Waals surface area contributed by atoms with Gasteiger partial charge in [-0.15, -0.1) is 0 Å². The Hall–Kier alpha value is -0.760. The van der Waals surface area contributed by atoms with E-state index in [1.165, 1.54) is 5.56 Å². The molecule has 1 N–H and O–H groups in total. The van der Waals surface area contributed by atoms with Gasteiger partial charge in [0.25, 0.3) is 0 Å². The van der Waals surface area contributed by atoms with Crippen LogP contribution in [0.3, 0.4) is 0 Å². The minimum Gasteiger partial charge on any atom is -0.469 e. The van der Waals surface area contributed by atoms with Crippen molar-refractivity contribution in [3.8, 4) is 0 Å². The summed E-state index contributed by atoms with van der Waals surface area (Å²) in [6, 6.07) is 2.58. The first-order valence-corrected chi connectivity index (χ1v) is 5.27. The van der Waals surface area contributed by atoms with Gasteiger partial charge in [-0.1, -0.05) is 20.8 Å². The van der Waals surface area contributed by atoms with Crippen molar-refractivity contribution in [2.24, 2.45) is 11.3 Å². The number of hydrogen-bond acceptors (Lipinski definition) is 2. The Morgan fingerprint density at radius 3 is 2.50 bits per heavy atom. The lowest BCUT2D eigenvalue weighted by molar-refractivity contribution is 0.0979. The van der Waals surface area contributed by atoms with Crippen molar-refractivity contribution in [1.82, 2.24) is 5.32 Å². The number of furan rings is 1. The van der Waals surface area contributed by atoms with Crippen LogP contribution in [0, 0.1) is 18.3 Å². The van der Waals surface area contributed by atoms with Crippen molar-refractivity contribution >= 4 is 0 Å². The second kappa shape index (κ2) is 3.13. The summed E-state index contributed by atoms with van der Waals surface area (Å²) in [5, 5.41) is 3.49. The van der Waals surface area contributed by atoms with Gasteiger partial charge >= 0.3 is 0 Å². The fourth-order valence-corrected chi connectivity index (χ4v) is 2.20. The van der Waals surface area contributed by atoms with Crippen LogP contribution >= 0.6 is 0 Å². The molecule has 1 aliphatic heterocycles. The highest BCUT2D eigenvalue weighted by atomic mass is 16.3. The Balaban J connectivity index is 2.18. The molecule has 2 unspecified atom stereocenters. The van der Waals surface area contributed by atoms with Crippen LogP contribution in [-0.2, 0) is 0 Å². The summed E-state index contributed by atoms with van der Waals surface area (Å²) in [5.41, 5.74) is 1.70. The maximum Gasteiger partial charge on any atom is 0.105 e. The van der Waals surface area contributed by atoms with E-state index in [4.69, 9.17) is 4.42 Å². The molecule has 1 aromatic rings. The molecule has 0 aromatic carbocycles. The average Bonchev–Trinajstić information content (AvgIpc) is 2.30. The molecular formula is C12H19NO. The van der Waals surface area contributed by atoms with Crippen LogP contribution in [0.25, 0.3) is 0 Å².